The van der Waals surface area contributed by atoms with E-state index in [9.17, 15) is 27.6 Å². The van der Waals surface area contributed by atoms with E-state index < -0.39 is 28.6 Å². The summed E-state index contributed by atoms with van der Waals surface area (Å²) in [6, 6.07) is 1.13. The summed E-state index contributed by atoms with van der Waals surface area (Å²) < 4.78 is 38.7. The van der Waals surface area contributed by atoms with Gasteiger partial charge in [0, 0.05) is 18.7 Å². The molecule has 5 nitrogen and oxygen atoms in total. The van der Waals surface area contributed by atoms with E-state index in [-0.39, 0.29) is 30.3 Å². The third kappa shape index (κ3) is 3.35. The van der Waals surface area contributed by atoms with E-state index in [1.165, 1.54) is 0 Å². The molecule has 0 unspecified atom stereocenters. The van der Waals surface area contributed by atoms with Crippen LogP contribution in [0.3, 0.4) is 0 Å². The molecular weight excluding hydrogens is 309 g/mol. The molecule has 0 aliphatic carbocycles. The van der Waals surface area contributed by atoms with Crippen LogP contribution in [0.5, 0.6) is 0 Å². The molecule has 1 heterocycles. The Morgan fingerprint density at radius 2 is 1.86 bits per heavy atom. The van der Waals surface area contributed by atoms with Gasteiger partial charge >= 0.3 is 0 Å². The molecule has 1 aliphatic heterocycles. The predicted molar refractivity (Wildman–Crippen MR) is 68.2 cm³/mol. The number of nitrogens with zero attached hydrogens (tertiary/aromatic N) is 1. The number of halogens is 3. The Hall–Kier alpha value is -2.03. The maximum atomic E-state index is 13.0. The van der Waals surface area contributed by atoms with Crippen LogP contribution in [0.2, 0.25) is 0 Å². The largest absolute Gasteiger partial charge is 0.350 e. The van der Waals surface area contributed by atoms with Gasteiger partial charge in [-0.15, -0.1) is 0 Å². The van der Waals surface area contributed by atoms with Crippen LogP contribution in [0.15, 0.2) is 12.1 Å². The van der Waals surface area contributed by atoms with Gasteiger partial charge in [0.2, 0.25) is 5.91 Å². The average molecular weight is 318 g/mol. The van der Waals surface area contributed by atoms with Crippen molar-refractivity contribution in [1.82, 2.24) is 10.2 Å². The molecule has 112 valence electrons. The summed E-state index contributed by atoms with van der Waals surface area (Å²) >= 11 is 0.858. The highest BCUT2D eigenvalue weighted by Crippen LogP contribution is 2.18. The van der Waals surface area contributed by atoms with Crippen molar-refractivity contribution in [3.05, 3.63) is 35.1 Å². The first-order chi connectivity index (χ1) is 9.90. The summed E-state index contributed by atoms with van der Waals surface area (Å²) in [6.07, 6.45) is 0. The minimum Gasteiger partial charge on any atom is -0.350 e. The molecule has 1 N–H and O–H groups in total. The lowest BCUT2D eigenvalue weighted by atomic mass is 10.2. The van der Waals surface area contributed by atoms with Gasteiger partial charge in [-0.2, -0.15) is 0 Å². The van der Waals surface area contributed by atoms with Crippen molar-refractivity contribution in [3.8, 4) is 0 Å². The molecule has 0 aromatic heterocycles. The highest BCUT2D eigenvalue weighted by molar-refractivity contribution is 8.14. The van der Waals surface area contributed by atoms with Crippen molar-refractivity contribution in [2.75, 3.05) is 18.8 Å². The molecule has 1 saturated heterocycles. The van der Waals surface area contributed by atoms with E-state index in [4.69, 9.17) is 0 Å². The Bertz CT molecular complexity index is 585. The summed E-state index contributed by atoms with van der Waals surface area (Å²) in [7, 11) is 0. The third-order valence-corrected chi connectivity index (χ3v) is 3.57. The predicted octanol–water partition coefficient (Wildman–Crippen LogP) is 1.53. The van der Waals surface area contributed by atoms with Crippen molar-refractivity contribution in [2.24, 2.45) is 0 Å². The van der Waals surface area contributed by atoms with E-state index in [0.717, 1.165) is 16.7 Å². The lowest BCUT2D eigenvalue weighted by molar-refractivity contribution is -0.124. The monoisotopic (exact) mass is 318 g/mol. The van der Waals surface area contributed by atoms with E-state index in [0.29, 0.717) is 12.1 Å². The molecule has 0 bridgehead atoms. The molecule has 21 heavy (non-hydrogen) atoms. The molecule has 0 spiro atoms. The first-order valence-electron chi connectivity index (χ1n) is 5.80. The van der Waals surface area contributed by atoms with E-state index >= 15 is 0 Å². The molecule has 1 aromatic rings. The Morgan fingerprint density at radius 3 is 2.38 bits per heavy atom. The molecule has 0 saturated carbocycles. The van der Waals surface area contributed by atoms with Crippen LogP contribution < -0.4 is 5.32 Å². The highest BCUT2D eigenvalue weighted by Gasteiger charge is 2.29. The summed E-state index contributed by atoms with van der Waals surface area (Å²) in [5, 5.41) is 1.88. The summed E-state index contributed by atoms with van der Waals surface area (Å²) in [6.45, 7) is -0.111. The second-order valence-electron chi connectivity index (χ2n) is 4.11. The Labute approximate surface area is 121 Å². The fraction of sp³-hybridized carbons (Fsp3) is 0.250. The summed E-state index contributed by atoms with van der Waals surface area (Å²) in [5.41, 5.74) is -0.389. The van der Waals surface area contributed by atoms with Crippen molar-refractivity contribution in [1.29, 1.82) is 0 Å². The molecule has 2 rings (SSSR count). The standard InChI is InChI=1S/C12H9F3N2O3S/c13-7-3-6(4-8(14)10(7)15)11(19)16-1-2-17-9(18)5-21-12(17)20/h3-4H,1-2,5H2,(H,16,19). The smallest absolute Gasteiger partial charge is 0.288 e. The topological polar surface area (TPSA) is 66.5 Å². The van der Waals surface area contributed by atoms with E-state index in [1.807, 2.05) is 0 Å². The normalized spacial score (nSPS) is 14.7. The van der Waals surface area contributed by atoms with Crippen LogP contribution in [0.4, 0.5) is 18.0 Å². The molecule has 0 radical (unpaired) electrons. The lowest BCUT2D eigenvalue weighted by Crippen LogP contribution is -2.37. The van der Waals surface area contributed by atoms with E-state index in [2.05, 4.69) is 5.32 Å². The first kappa shape index (κ1) is 15.4. The molecule has 0 atom stereocenters. The molecule has 1 aromatic carbocycles. The number of carbonyl (C=O) groups is 3. The van der Waals surface area contributed by atoms with Gasteiger partial charge < -0.3 is 5.32 Å². The van der Waals surface area contributed by atoms with Gasteiger partial charge in [0.25, 0.3) is 11.1 Å². The number of imide groups is 1. The second kappa shape index (κ2) is 6.17. The minimum absolute atomic E-state index is 0.0391. The third-order valence-electron chi connectivity index (χ3n) is 2.71. The Balaban J connectivity index is 1.93. The maximum Gasteiger partial charge on any atom is 0.288 e. The fourth-order valence-corrected chi connectivity index (χ4v) is 2.42. The van der Waals surface area contributed by atoms with Gasteiger partial charge in [0.15, 0.2) is 17.5 Å². The number of amides is 3. The lowest BCUT2D eigenvalue weighted by Gasteiger charge is -2.13. The quantitative estimate of drug-likeness (QED) is 0.855. The van der Waals surface area contributed by atoms with Crippen molar-refractivity contribution < 1.29 is 27.6 Å². The van der Waals surface area contributed by atoms with Gasteiger partial charge in [-0.1, -0.05) is 11.8 Å². The number of carbonyl (C=O) groups excluding carboxylic acids is 3. The summed E-state index contributed by atoms with van der Waals surface area (Å²) in [4.78, 5) is 35.2. The van der Waals surface area contributed by atoms with E-state index in [1.54, 1.807) is 0 Å². The number of hydrogen-bond acceptors (Lipinski definition) is 4. The highest BCUT2D eigenvalue weighted by atomic mass is 32.2. The number of hydrogen-bond donors (Lipinski definition) is 1. The zero-order chi connectivity index (χ0) is 15.6. The Morgan fingerprint density at radius 1 is 1.24 bits per heavy atom. The Kier molecular flexibility index (Phi) is 4.51. The maximum absolute atomic E-state index is 13.0. The fourth-order valence-electron chi connectivity index (χ4n) is 1.67. The van der Waals surface area contributed by atoms with Crippen LogP contribution in [-0.4, -0.2) is 40.8 Å². The number of nitrogens with one attached hydrogen (secondary N) is 1. The number of benzene rings is 1. The minimum atomic E-state index is -1.66. The SMILES string of the molecule is O=C(NCCN1C(=O)CSC1=O)c1cc(F)c(F)c(F)c1. The van der Waals surface area contributed by atoms with Crippen LogP contribution in [0.1, 0.15) is 10.4 Å². The van der Waals surface area contributed by atoms with Gasteiger partial charge in [0.05, 0.1) is 5.75 Å². The zero-order valence-corrected chi connectivity index (χ0v) is 11.3. The first-order valence-corrected chi connectivity index (χ1v) is 6.78. The molecule has 3 amide bonds. The number of rotatable bonds is 4. The number of thioether (sulfide) groups is 1. The molecule has 1 aliphatic rings. The van der Waals surface area contributed by atoms with Gasteiger partial charge in [0.1, 0.15) is 0 Å². The molecule has 9 heteroatoms. The van der Waals surface area contributed by atoms with Gasteiger partial charge in [-0.3, -0.25) is 19.3 Å². The van der Waals surface area contributed by atoms with Crippen LogP contribution in [0.25, 0.3) is 0 Å². The van der Waals surface area contributed by atoms with Gasteiger partial charge in [-0.05, 0) is 12.1 Å². The van der Waals surface area contributed by atoms with Crippen molar-refractivity contribution in [3.63, 3.8) is 0 Å². The second-order valence-corrected chi connectivity index (χ2v) is 5.04. The van der Waals surface area contributed by atoms with Crippen LogP contribution >= 0.6 is 11.8 Å². The average Bonchev–Trinajstić information content (AvgIpc) is 2.75. The summed E-state index contributed by atoms with van der Waals surface area (Å²) in [5.74, 6) is -5.74. The van der Waals surface area contributed by atoms with Gasteiger partial charge in [-0.25, -0.2) is 13.2 Å². The van der Waals surface area contributed by atoms with Crippen LogP contribution in [-0.2, 0) is 4.79 Å². The van der Waals surface area contributed by atoms with Crippen LogP contribution in [0, 0.1) is 17.5 Å². The molecule has 1 fully saturated rings. The van der Waals surface area contributed by atoms with Crippen molar-refractivity contribution >= 4 is 28.8 Å². The zero-order valence-electron chi connectivity index (χ0n) is 10.5. The van der Waals surface area contributed by atoms with Crippen molar-refractivity contribution in [2.45, 2.75) is 0 Å². The molecular formula is C12H9F3N2O3S.